The summed E-state index contributed by atoms with van der Waals surface area (Å²) in [5.74, 6) is -0.228. The predicted molar refractivity (Wildman–Crippen MR) is 77.7 cm³/mol. The molecular weight excluding hydrogens is 239 g/mol. The van der Waals surface area contributed by atoms with Crippen LogP contribution in [-0.4, -0.2) is 13.6 Å². The summed E-state index contributed by atoms with van der Waals surface area (Å²) in [6.45, 7) is 2.50. The molecular formula is C16H19FN2. The van der Waals surface area contributed by atoms with Crippen LogP contribution in [0, 0.1) is 5.82 Å². The standard InChI is InChI=1S/C16H19FN2/c1-16(18,13-8-4-3-5-9-13)12-19(2)15-11-7-6-10-14(15)17/h3-11H,12,18H2,1-2H3. The Hall–Kier alpha value is -1.87. The molecule has 2 aromatic carbocycles. The average Bonchev–Trinajstić information content (AvgIpc) is 2.39. The van der Waals surface area contributed by atoms with Crippen molar-refractivity contribution in [3.8, 4) is 0 Å². The average molecular weight is 258 g/mol. The van der Waals surface area contributed by atoms with E-state index in [4.69, 9.17) is 5.73 Å². The number of nitrogens with two attached hydrogens (primary N) is 1. The van der Waals surface area contributed by atoms with Crippen LogP contribution in [0.3, 0.4) is 0 Å². The van der Waals surface area contributed by atoms with E-state index in [1.165, 1.54) is 6.07 Å². The summed E-state index contributed by atoms with van der Waals surface area (Å²) in [6, 6.07) is 16.6. The highest BCUT2D eigenvalue weighted by molar-refractivity contribution is 5.47. The van der Waals surface area contributed by atoms with Crippen molar-refractivity contribution >= 4 is 5.69 Å². The molecule has 1 unspecified atom stereocenters. The van der Waals surface area contributed by atoms with Crippen molar-refractivity contribution in [3.63, 3.8) is 0 Å². The molecule has 2 aromatic rings. The van der Waals surface area contributed by atoms with Crippen molar-refractivity contribution in [3.05, 3.63) is 66.0 Å². The van der Waals surface area contributed by atoms with Crippen LogP contribution < -0.4 is 10.6 Å². The smallest absolute Gasteiger partial charge is 0.146 e. The summed E-state index contributed by atoms with van der Waals surface area (Å²) in [5.41, 5.74) is 7.44. The van der Waals surface area contributed by atoms with Crippen molar-refractivity contribution in [1.29, 1.82) is 0 Å². The first-order chi connectivity index (χ1) is 9.00. The van der Waals surface area contributed by atoms with Gasteiger partial charge in [-0.15, -0.1) is 0 Å². The van der Waals surface area contributed by atoms with Crippen molar-refractivity contribution in [2.75, 3.05) is 18.5 Å². The summed E-state index contributed by atoms with van der Waals surface area (Å²) in [5, 5.41) is 0. The number of rotatable bonds is 4. The lowest BCUT2D eigenvalue weighted by Crippen LogP contribution is -2.44. The summed E-state index contributed by atoms with van der Waals surface area (Å²) in [6.07, 6.45) is 0. The highest BCUT2D eigenvalue weighted by atomic mass is 19.1. The van der Waals surface area contributed by atoms with E-state index in [2.05, 4.69) is 0 Å². The molecule has 0 radical (unpaired) electrons. The third-order valence-electron chi connectivity index (χ3n) is 3.26. The lowest BCUT2D eigenvalue weighted by molar-refractivity contribution is 0.491. The number of nitrogens with zero attached hydrogens (tertiary/aromatic N) is 1. The van der Waals surface area contributed by atoms with Gasteiger partial charge in [0.15, 0.2) is 0 Å². The van der Waals surface area contributed by atoms with E-state index in [-0.39, 0.29) is 5.82 Å². The third-order valence-corrected chi connectivity index (χ3v) is 3.26. The van der Waals surface area contributed by atoms with E-state index in [0.717, 1.165) is 5.56 Å². The van der Waals surface area contributed by atoms with Crippen LogP contribution in [0.5, 0.6) is 0 Å². The first-order valence-electron chi connectivity index (χ1n) is 6.31. The van der Waals surface area contributed by atoms with Gasteiger partial charge in [-0.2, -0.15) is 0 Å². The van der Waals surface area contributed by atoms with Gasteiger partial charge >= 0.3 is 0 Å². The van der Waals surface area contributed by atoms with E-state index in [1.54, 1.807) is 12.1 Å². The largest absolute Gasteiger partial charge is 0.370 e. The fourth-order valence-corrected chi connectivity index (χ4v) is 2.25. The minimum absolute atomic E-state index is 0.228. The molecule has 2 N–H and O–H groups in total. The van der Waals surface area contributed by atoms with Crippen LogP contribution in [0.2, 0.25) is 0 Å². The SMILES string of the molecule is CN(CC(C)(N)c1ccccc1)c1ccccc1F. The van der Waals surface area contributed by atoms with Gasteiger partial charge in [0.1, 0.15) is 5.82 Å². The molecule has 0 saturated heterocycles. The molecule has 0 heterocycles. The quantitative estimate of drug-likeness (QED) is 0.913. The fourth-order valence-electron chi connectivity index (χ4n) is 2.25. The fraction of sp³-hybridized carbons (Fsp3) is 0.250. The van der Waals surface area contributed by atoms with Gasteiger partial charge in [0.25, 0.3) is 0 Å². The Kier molecular flexibility index (Phi) is 3.86. The molecule has 2 rings (SSSR count). The molecule has 0 aliphatic carbocycles. The van der Waals surface area contributed by atoms with Crippen LogP contribution in [0.4, 0.5) is 10.1 Å². The monoisotopic (exact) mass is 258 g/mol. The Morgan fingerprint density at radius 3 is 2.26 bits per heavy atom. The van der Waals surface area contributed by atoms with E-state index in [1.807, 2.05) is 55.3 Å². The molecule has 0 bridgehead atoms. The van der Waals surface area contributed by atoms with Crippen molar-refractivity contribution in [2.45, 2.75) is 12.5 Å². The number of halogens is 1. The maximum absolute atomic E-state index is 13.7. The van der Waals surface area contributed by atoms with Crippen LogP contribution in [0.15, 0.2) is 54.6 Å². The van der Waals surface area contributed by atoms with E-state index in [0.29, 0.717) is 12.2 Å². The second-order valence-electron chi connectivity index (χ2n) is 5.09. The summed E-state index contributed by atoms with van der Waals surface area (Å²) in [7, 11) is 1.85. The van der Waals surface area contributed by atoms with E-state index < -0.39 is 5.54 Å². The highest BCUT2D eigenvalue weighted by Gasteiger charge is 2.23. The summed E-state index contributed by atoms with van der Waals surface area (Å²) >= 11 is 0. The normalized spacial score (nSPS) is 13.9. The van der Waals surface area contributed by atoms with Crippen LogP contribution in [-0.2, 0) is 5.54 Å². The molecule has 0 saturated carbocycles. The number of likely N-dealkylation sites (N-methyl/N-ethyl adjacent to an activating group) is 1. The van der Waals surface area contributed by atoms with Gasteiger partial charge in [-0.05, 0) is 24.6 Å². The molecule has 3 heteroatoms. The van der Waals surface area contributed by atoms with E-state index in [9.17, 15) is 4.39 Å². The molecule has 0 amide bonds. The Labute approximate surface area is 113 Å². The van der Waals surface area contributed by atoms with Gasteiger partial charge < -0.3 is 10.6 Å². The number of hydrogen-bond donors (Lipinski definition) is 1. The molecule has 0 fully saturated rings. The van der Waals surface area contributed by atoms with Gasteiger partial charge in [0.2, 0.25) is 0 Å². The Morgan fingerprint density at radius 1 is 1.05 bits per heavy atom. The number of hydrogen-bond acceptors (Lipinski definition) is 2. The Morgan fingerprint density at radius 2 is 1.63 bits per heavy atom. The zero-order valence-electron chi connectivity index (χ0n) is 11.3. The van der Waals surface area contributed by atoms with Crippen LogP contribution >= 0.6 is 0 Å². The number of anilines is 1. The lowest BCUT2D eigenvalue weighted by atomic mass is 9.92. The molecule has 19 heavy (non-hydrogen) atoms. The topological polar surface area (TPSA) is 29.3 Å². The molecule has 1 atom stereocenters. The lowest BCUT2D eigenvalue weighted by Gasteiger charge is -2.32. The van der Waals surface area contributed by atoms with Gasteiger partial charge in [-0.3, -0.25) is 0 Å². The zero-order chi connectivity index (χ0) is 13.9. The zero-order valence-corrected chi connectivity index (χ0v) is 11.3. The third kappa shape index (κ3) is 3.12. The highest BCUT2D eigenvalue weighted by Crippen LogP contribution is 2.23. The number of benzene rings is 2. The first-order valence-corrected chi connectivity index (χ1v) is 6.31. The van der Waals surface area contributed by atoms with Crippen molar-refractivity contribution in [2.24, 2.45) is 5.73 Å². The minimum atomic E-state index is -0.529. The second kappa shape index (κ2) is 5.41. The van der Waals surface area contributed by atoms with Gasteiger partial charge in [-0.1, -0.05) is 42.5 Å². The molecule has 0 aromatic heterocycles. The van der Waals surface area contributed by atoms with Gasteiger partial charge in [-0.25, -0.2) is 4.39 Å². The summed E-state index contributed by atoms with van der Waals surface area (Å²) < 4.78 is 13.7. The molecule has 100 valence electrons. The van der Waals surface area contributed by atoms with Crippen molar-refractivity contribution in [1.82, 2.24) is 0 Å². The van der Waals surface area contributed by atoms with Crippen molar-refractivity contribution < 1.29 is 4.39 Å². The first kappa shape index (κ1) is 13.6. The number of para-hydroxylation sites is 1. The summed E-state index contributed by atoms with van der Waals surface area (Å²) in [4.78, 5) is 1.85. The van der Waals surface area contributed by atoms with Gasteiger partial charge in [0.05, 0.1) is 11.2 Å². The Balaban J connectivity index is 2.19. The molecule has 2 nitrogen and oxygen atoms in total. The van der Waals surface area contributed by atoms with Crippen LogP contribution in [0.1, 0.15) is 12.5 Å². The minimum Gasteiger partial charge on any atom is -0.370 e. The van der Waals surface area contributed by atoms with E-state index >= 15 is 0 Å². The maximum atomic E-state index is 13.7. The molecule has 0 spiro atoms. The van der Waals surface area contributed by atoms with Crippen LogP contribution in [0.25, 0.3) is 0 Å². The predicted octanol–water partition coefficient (Wildman–Crippen LogP) is 3.14. The Bertz CT molecular complexity index is 537. The molecule has 0 aliphatic heterocycles. The maximum Gasteiger partial charge on any atom is 0.146 e. The molecule has 0 aliphatic rings. The van der Waals surface area contributed by atoms with Gasteiger partial charge in [0, 0.05) is 13.6 Å². The second-order valence-corrected chi connectivity index (χ2v) is 5.09.